The third-order valence-corrected chi connectivity index (χ3v) is 6.97. The van der Waals surface area contributed by atoms with Gasteiger partial charge in [-0.3, -0.25) is 19.7 Å². The van der Waals surface area contributed by atoms with Crippen LogP contribution in [0.3, 0.4) is 0 Å². The first kappa shape index (κ1) is 22.3. The number of non-ortho nitro benzene ring substituents is 1. The second kappa shape index (κ2) is 8.20. The molecule has 1 aliphatic heterocycles. The molecular weight excluding hydrogens is 428 g/mol. The molecule has 32 heavy (non-hydrogen) atoms. The number of ketones is 1. The van der Waals surface area contributed by atoms with Crippen LogP contribution in [0.15, 0.2) is 45.5 Å². The molecule has 168 valence electrons. The lowest BCUT2D eigenvalue weighted by Gasteiger charge is -2.38. The number of H-pyrrole nitrogens is 1. The van der Waals surface area contributed by atoms with E-state index >= 15 is 0 Å². The molecule has 1 aliphatic carbocycles. The number of benzene rings is 1. The number of nitro benzene ring substituents is 1. The number of carbonyl (C=O) groups is 1. The summed E-state index contributed by atoms with van der Waals surface area (Å²) >= 11 is 1.47. The summed E-state index contributed by atoms with van der Waals surface area (Å²) in [5, 5.41) is 15.2. The van der Waals surface area contributed by atoms with Crippen LogP contribution in [0, 0.1) is 21.4 Å². The topological polar surface area (TPSA) is 118 Å². The van der Waals surface area contributed by atoms with Gasteiger partial charge in [0.1, 0.15) is 5.82 Å². The van der Waals surface area contributed by atoms with Crippen LogP contribution in [-0.4, -0.2) is 26.4 Å². The van der Waals surface area contributed by atoms with Crippen molar-refractivity contribution in [1.29, 1.82) is 0 Å². The lowest BCUT2D eigenvalue weighted by atomic mass is 9.69. The second-order valence-corrected chi connectivity index (χ2v) is 10.6. The number of aromatic amines is 1. The van der Waals surface area contributed by atoms with Crippen molar-refractivity contribution >= 4 is 29.1 Å². The molecule has 1 aromatic carbocycles. The summed E-state index contributed by atoms with van der Waals surface area (Å²) in [4.78, 5) is 44.9. The van der Waals surface area contributed by atoms with Crippen molar-refractivity contribution in [3.63, 3.8) is 0 Å². The van der Waals surface area contributed by atoms with Crippen LogP contribution in [0.1, 0.15) is 57.6 Å². The Bertz CT molecular complexity index is 1200. The number of hydrogen-bond donors (Lipinski definition) is 2. The van der Waals surface area contributed by atoms with Crippen LogP contribution >= 0.6 is 11.8 Å². The average Bonchev–Trinajstić information content (AvgIpc) is 2.69. The Balaban J connectivity index is 1.91. The lowest BCUT2D eigenvalue weighted by Crippen LogP contribution is -2.37. The number of thioether (sulfide) groups is 1. The fraction of sp³-hybridized carbons (Fsp3) is 0.435. The van der Waals surface area contributed by atoms with Crippen molar-refractivity contribution in [1.82, 2.24) is 9.97 Å². The van der Waals surface area contributed by atoms with Crippen LogP contribution < -0.4 is 10.9 Å². The van der Waals surface area contributed by atoms with Gasteiger partial charge in [-0.1, -0.05) is 51.6 Å². The first-order valence-corrected chi connectivity index (χ1v) is 11.6. The number of nitrogens with zero attached hydrogens (tertiary/aromatic N) is 2. The van der Waals surface area contributed by atoms with Gasteiger partial charge in [0, 0.05) is 41.5 Å². The van der Waals surface area contributed by atoms with Crippen LogP contribution in [0.2, 0.25) is 0 Å². The van der Waals surface area contributed by atoms with Crippen molar-refractivity contribution in [3.05, 3.63) is 67.1 Å². The molecule has 9 heteroatoms. The van der Waals surface area contributed by atoms with E-state index in [2.05, 4.69) is 29.1 Å². The van der Waals surface area contributed by atoms with Crippen molar-refractivity contribution < 1.29 is 9.72 Å². The quantitative estimate of drug-likeness (QED) is 0.293. The third-order valence-electron chi connectivity index (χ3n) is 5.67. The highest BCUT2D eigenvalue weighted by atomic mass is 32.2. The molecule has 2 heterocycles. The van der Waals surface area contributed by atoms with Gasteiger partial charge in [0.25, 0.3) is 11.2 Å². The van der Waals surface area contributed by atoms with E-state index in [1.807, 2.05) is 13.8 Å². The highest BCUT2D eigenvalue weighted by molar-refractivity contribution is 7.99. The molecule has 2 aliphatic rings. The summed E-state index contributed by atoms with van der Waals surface area (Å²) in [7, 11) is 0. The molecule has 0 spiro atoms. The van der Waals surface area contributed by atoms with Gasteiger partial charge in [-0.25, -0.2) is 4.98 Å². The van der Waals surface area contributed by atoms with E-state index in [4.69, 9.17) is 0 Å². The maximum atomic E-state index is 13.2. The molecule has 0 amide bonds. The van der Waals surface area contributed by atoms with Gasteiger partial charge < -0.3 is 10.3 Å². The minimum Gasteiger partial charge on any atom is -0.343 e. The Morgan fingerprint density at radius 1 is 1.28 bits per heavy atom. The van der Waals surface area contributed by atoms with E-state index in [1.165, 1.54) is 23.9 Å². The first-order chi connectivity index (χ1) is 15.1. The molecule has 1 unspecified atom stereocenters. The molecule has 0 saturated heterocycles. The highest BCUT2D eigenvalue weighted by Gasteiger charge is 2.42. The number of nitrogens with one attached hydrogen (secondary N) is 2. The van der Waals surface area contributed by atoms with E-state index in [9.17, 15) is 19.7 Å². The zero-order valence-corrected chi connectivity index (χ0v) is 19.3. The Morgan fingerprint density at radius 3 is 2.72 bits per heavy atom. The zero-order valence-electron chi connectivity index (χ0n) is 18.5. The minimum absolute atomic E-state index is 0.0523. The molecule has 0 fully saturated rings. The van der Waals surface area contributed by atoms with Gasteiger partial charge >= 0.3 is 0 Å². The number of nitro groups is 1. The number of allylic oxidation sites excluding steroid dienone is 2. The summed E-state index contributed by atoms with van der Waals surface area (Å²) in [6.07, 6.45) is 0.976. The van der Waals surface area contributed by atoms with Crippen LogP contribution in [-0.2, 0) is 4.79 Å². The Hall–Kier alpha value is -2.94. The van der Waals surface area contributed by atoms with Gasteiger partial charge in [-0.05, 0) is 23.3 Å². The largest absolute Gasteiger partial charge is 0.343 e. The summed E-state index contributed by atoms with van der Waals surface area (Å²) in [6.45, 7) is 8.24. The zero-order chi connectivity index (χ0) is 23.2. The molecule has 2 N–H and O–H groups in total. The van der Waals surface area contributed by atoms with Gasteiger partial charge in [0.05, 0.1) is 10.5 Å². The SMILES string of the molecule is CC(C)CSc1nc2c(c(=O)[nH]1)C(c1cccc([N+](=O)[O-])c1)C1=C(CC(C)(C)CC1=O)N2. The number of Topliss-reactive ketones (excluding diaryl/α,β-unsaturated/α-hetero) is 1. The van der Waals surface area contributed by atoms with Gasteiger partial charge in [0.2, 0.25) is 0 Å². The van der Waals surface area contributed by atoms with E-state index in [1.54, 1.807) is 12.1 Å². The smallest absolute Gasteiger partial charge is 0.269 e. The molecule has 1 atom stereocenters. The molecule has 0 radical (unpaired) electrons. The molecule has 0 saturated carbocycles. The average molecular weight is 455 g/mol. The van der Waals surface area contributed by atoms with E-state index in [0.29, 0.717) is 46.4 Å². The van der Waals surface area contributed by atoms with Crippen LogP contribution in [0.5, 0.6) is 0 Å². The number of hydrogen-bond acceptors (Lipinski definition) is 7. The summed E-state index contributed by atoms with van der Waals surface area (Å²) in [5.74, 6) is 0.891. The second-order valence-electron chi connectivity index (χ2n) is 9.58. The number of rotatable bonds is 5. The Kier molecular flexibility index (Phi) is 5.70. The first-order valence-electron chi connectivity index (χ1n) is 10.6. The predicted molar refractivity (Wildman–Crippen MR) is 124 cm³/mol. The number of carbonyl (C=O) groups excluding carboxylic acids is 1. The molecule has 8 nitrogen and oxygen atoms in total. The van der Waals surface area contributed by atoms with Crippen molar-refractivity contribution in [2.45, 2.75) is 51.6 Å². The summed E-state index contributed by atoms with van der Waals surface area (Å²) < 4.78 is 0. The monoisotopic (exact) mass is 454 g/mol. The maximum Gasteiger partial charge on any atom is 0.269 e. The minimum atomic E-state index is -0.704. The van der Waals surface area contributed by atoms with E-state index in [0.717, 1.165) is 11.4 Å². The van der Waals surface area contributed by atoms with Crippen LogP contribution in [0.25, 0.3) is 0 Å². The number of anilines is 1. The molecule has 0 bridgehead atoms. The standard InChI is InChI=1S/C23H26N4O4S/c1-12(2)11-32-22-25-20-19(21(29)26-22)17(13-6-5-7-14(8-13)27(30)31)18-15(24-20)9-23(3,4)10-16(18)28/h5-8,12,17H,9-11H2,1-4H3,(H2,24,25,26,29). The molecular formula is C23H26N4O4S. The molecule has 4 rings (SSSR count). The lowest BCUT2D eigenvalue weighted by molar-refractivity contribution is -0.384. The van der Waals surface area contributed by atoms with E-state index in [-0.39, 0.29) is 22.4 Å². The van der Waals surface area contributed by atoms with Crippen molar-refractivity contribution in [2.75, 3.05) is 11.1 Å². The van der Waals surface area contributed by atoms with Crippen LogP contribution in [0.4, 0.5) is 11.5 Å². The maximum absolute atomic E-state index is 13.2. The predicted octanol–water partition coefficient (Wildman–Crippen LogP) is 4.63. The number of fused-ring (bicyclic) bond motifs is 1. The van der Waals surface area contributed by atoms with Gasteiger partial charge in [-0.15, -0.1) is 0 Å². The van der Waals surface area contributed by atoms with E-state index < -0.39 is 10.8 Å². The normalized spacial score (nSPS) is 19.4. The fourth-order valence-electron chi connectivity index (χ4n) is 4.36. The highest BCUT2D eigenvalue weighted by Crippen LogP contribution is 2.48. The molecule has 2 aromatic rings. The Labute approximate surface area is 190 Å². The van der Waals surface area contributed by atoms with Gasteiger partial charge in [0.15, 0.2) is 10.9 Å². The van der Waals surface area contributed by atoms with Gasteiger partial charge in [-0.2, -0.15) is 0 Å². The summed E-state index contributed by atoms with van der Waals surface area (Å²) in [5.41, 5.74) is 1.46. The summed E-state index contributed by atoms with van der Waals surface area (Å²) in [6, 6.07) is 6.16. The fourth-order valence-corrected chi connectivity index (χ4v) is 5.17. The third kappa shape index (κ3) is 4.21. The molecule has 1 aromatic heterocycles. The number of aromatic nitrogens is 2. The Morgan fingerprint density at radius 2 is 2.03 bits per heavy atom. The van der Waals surface area contributed by atoms with Crippen molar-refractivity contribution in [2.24, 2.45) is 11.3 Å². The van der Waals surface area contributed by atoms with Crippen molar-refractivity contribution in [3.8, 4) is 0 Å².